The predicted molar refractivity (Wildman–Crippen MR) is 207 cm³/mol. The normalized spacial score (nSPS) is 24.2. The lowest BCUT2D eigenvalue weighted by Gasteiger charge is -2.35. The molecule has 19 heteroatoms. The maximum atomic E-state index is 14.7. The van der Waals surface area contributed by atoms with E-state index >= 15 is 0 Å². The molecule has 1 saturated heterocycles. The number of ether oxygens (including phenoxy) is 2. The topological polar surface area (TPSA) is 221 Å². The van der Waals surface area contributed by atoms with Crippen LogP contribution in [0.5, 0.6) is 5.75 Å². The lowest BCUT2D eigenvalue weighted by Crippen LogP contribution is -2.60. The van der Waals surface area contributed by atoms with Crippen LogP contribution in [0.15, 0.2) is 48.5 Å². The molecular weight excluding hydrogens is 777 g/mol. The van der Waals surface area contributed by atoms with Crippen LogP contribution in [0, 0.1) is 11.3 Å². The summed E-state index contributed by atoms with van der Waals surface area (Å²) < 4.78 is 38.6. The number of nitrogens with one attached hydrogen (secondary N) is 3. The van der Waals surface area contributed by atoms with Crippen LogP contribution in [0.3, 0.4) is 0 Å². The molecule has 2 unspecified atom stereocenters. The number of methoxy groups -OCH3 is 1. The van der Waals surface area contributed by atoms with Crippen molar-refractivity contribution in [1.29, 1.82) is 0 Å². The van der Waals surface area contributed by atoms with Crippen LogP contribution >= 0.6 is 11.3 Å². The zero-order chi connectivity index (χ0) is 41.1. The van der Waals surface area contributed by atoms with Gasteiger partial charge < -0.3 is 25.0 Å². The van der Waals surface area contributed by atoms with Crippen molar-refractivity contribution < 1.29 is 41.9 Å². The second-order valence-corrected chi connectivity index (χ2v) is 19.1. The molecule has 2 aromatic heterocycles. The zero-order valence-electron chi connectivity index (χ0n) is 32.3. The SMILES string of the molecule is C=CC1CC1(NC(=O)[C@@H]1C[C@@H](n2nc(-c3ccc(OC)cc3)c(-c3nccs3)n2)CN1C(=O)[C@@H](NC(=O)OC1(C(C)=O)CC1)C(C)(C)C)C(=O)NS(=O)(=O)C1CC1. The lowest BCUT2D eigenvalue weighted by molar-refractivity contribution is -0.143. The Hall–Kier alpha value is -5.17. The third-order valence-electron chi connectivity index (χ3n) is 11.1. The number of hydrogen-bond acceptors (Lipinski definition) is 13. The molecule has 4 aliphatic rings. The number of aromatic nitrogens is 4. The van der Waals surface area contributed by atoms with Gasteiger partial charge in [-0.15, -0.1) is 23.0 Å². The molecule has 0 spiro atoms. The van der Waals surface area contributed by atoms with Gasteiger partial charge in [-0.05, 0) is 68.7 Å². The first-order valence-electron chi connectivity index (χ1n) is 18.7. The highest BCUT2D eigenvalue weighted by molar-refractivity contribution is 7.91. The van der Waals surface area contributed by atoms with E-state index in [0.29, 0.717) is 47.8 Å². The number of benzene rings is 1. The number of thiazole rings is 1. The van der Waals surface area contributed by atoms with Gasteiger partial charge in [-0.2, -0.15) is 9.90 Å². The van der Waals surface area contributed by atoms with Gasteiger partial charge in [0.05, 0.1) is 18.4 Å². The Morgan fingerprint density at radius 1 is 1.07 bits per heavy atom. The van der Waals surface area contributed by atoms with Gasteiger partial charge in [-0.3, -0.25) is 23.9 Å². The maximum absolute atomic E-state index is 14.7. The average molecular weight is 823 g/mol. The molecule has 304 valence electrons. The fraction of sp³-hybridized carbons (Fsp3) is 0.526. The van der Waals surface area contributed by atoms with Gasteiger partial charge in [0.15, 0.2) is 11.4 Å². The number of likely N-dealkylation sites (tertiary alicyclic amines) is 1. The molecule has 3 heterocycles. The molecular formula is C38H46N8O9S2. The summed E-state index contributed by atoms with van der Waals surface area (Å²) >= 11 is 1.37. The summed E-state index contributed by atoms with van der Waals surface area (Å²) in [6.45, 7) is 10.3. The summed E-state index contributed by atoms with van der Waals surface area (Å²) in [6.07, 6.45) is 3.92. The highest BCUT2D eigenvalue weighted by Crippen LogP contribution is 2.46. The Kier molecular flexibility index (Phi) is 10.3. The van der Waals surface area contributed by atoms with Gasteiger partial charge in [-0.25, -0.2) is 18.2 Å². The summed E-state index contributed by atoms with van der Waals surface area (Å²) in [4.78, 5) is 75.5. The average Bonchev–Trinajstić information content (AvgIpc) is 4.12. The molecule has 4 fully saturated rings. The zero-order valence-corrected chi connectivity index (χ0v) is 33.9. The molecule has 3 N–H and O–H groups in total. The highest BCUT2D eigenvalue weighted by atomic mass is 32.2. The smallest absolute Gasteiger partial charge is 0.408 e. The molecule has 4 amide bonds. The quantitative estimate of drug-likeness (QED) is 0.200. The lowest BCUT2D eigenvalue weighted by atomic mass is 9.85. The van der Waals surface area contributed by atoms with Crippen molar-refractivity contribution >= 4 is 51.0 Å². The number of carbonyl (C=O) groups is 5. The molecule has 3 aliphatic carbocycles. The van der Waals surface area contributed by atoms with Crippen LogP contribution < -0.4 is 20.1 Å². The van der Waals surface area contributed by atoms with Crippen molar-refractivity contribution in [3.63, 3.8) is 0 Å². The molecule has 3 saturated carbocycles. The number of hydrogen-bond donors (Lipinski definition) is 3. The van der Waals surface area contributed by atoms with E-state index in [1.807, 2.05) is 17.5 Å². The van der Waals surface area contributed by atoms with Gasteiger partial charge in [0.2, 0.25) is 21.8 Å². The Balaban J connectivity index is 1.22. The van der Waals surface area contributed by atoms with E-state index in [9.17, 15) is 32.4 Å². The number of ketones is 1. The number of rotatable bonds is 14. The van der Waals surface area contributed by atoms with Gasteiger partial charge in [0.25, 0.3) is 5.91 Å². The molecule has 0 bridgehead atoms. The number of amides is 4. The largest absolute Gasteiger partial charge is 0.497 e. The summed E-state index contributed by atoms with van der Waals surface area (Å²) in [7, 11) is -2.37. The van der Waals surface area contributed by atoms with Crippen LogP contribution in [0.1, 0.15) is 72.3 Å². The molecule has 0 radical (unpaired) electrons. The molecule has 17 nitrogen and oxygen atoms in total. The van der Waals surface area contributed by atoms with Crippen molar-refractivity contribution in [3.8, 4) is 27.7 Å². The van der Waals surface area contributed by atoms with E-state index in [4.69, 9.17) is 19.7 Å². The van der Waals surface area contributed by atoms with Gasteiger partial charge in [-0.1, -0.05) is 26.8 Å². The molecule has 7 rings (SSSR count). The first kappa shape index (κ1) is 40.0. The first-order chi connectivity index (χ1) is 26.9. The second-order valence-electron chi connectivity index (χ2n) is 16.2. The number of sulfonamides is 1. The van der Waals surface area contributed by atoms with Crippen molar-refractivity contribution in [3.05, 3.63) is 48.5 Å². The summed E-state index contributed by atoms with van der Waals surface area (Å²) in [6, 6.07) is 4.13. The molecule has 57 heavy (non-hydrogen) atoms. The van der Waals surface area contributed by atoms with Gasteiger partial charge >= 0.3 is 6.09 Å². The Bertz CT molecular complexity index is 2210. The fourth-order valence-electron chi connectivity index (χ4n) is 7.18. The number of Topliss-reactive ketones (excluding diaryl/α,β-unsaturated/α-hetero) is 1. The summed E-state index contributed by atoms with van der Waals surface area (Å²) in [5, 5.41) is 16.9. The van der Waals surface area contributed by atoms with E-state index in [0.717, 1.165) is 5.56 Å². The van der Waals surface area contributed by atoms with Crippen molar-refractivity contribution in [1.82, 2.24) is 40.2 Å². The third-order valence-corrected chi connectivity index (χ3v) is 13.7. The Labute approximate surface area is 334 Å². The standard InChI is InChI=1S/C38H46N8O9S2/c1-7-23-19-38(23,34(50)44-57(52,53)26-12-13-26)41-31(48)27-18-24(20-45(27)33(49)30(36(3,4)5)40-35(51)55-37(14-15-37)21(2)47)46-42-28(22-8-10-25(54-6)11-9-22)29(43-46)32-39-16-17-56-32/h7-11,16-17,23-24,26-27,30H,1,12-15,18-20H2,2-6H3,(H,40,51)(H,41,48)(H,44,50)/t23?,24-,27+,30-,38?/m1/s1. The van der Waals surface area contributed by atoms with E-state index in [1.54, 1.807) is 46.2 Å². The maximum Gasteiger partial charge on any atom is 0.408 e. The molecule has 3 aromatic rings. The molecule has 1 aromatic carbocycles. The second kappa shape index (κ2) is 14.6. The summed E-state index contributed by atoms with van der Waals surface area (Å²) in [5.74, 6) is -2.42. The minimum Gasteiger partial charge on any atom is -0.497 e. The van der Waals surface area contributed by atoms with Crippen molar-refractivity contribution in [2.24, 2.45) is 11.3 Å². The third kappa shape index (κ3) is 7.90. The minimum absolute atomic E-state index is 0.00278. The fourth-order valence-corrected chi connectivity index (χ4v) is 9.17. The van der Waals surface area contributed by atoms with Crippen molar-refractivity contribution in [2.45, 2.75) is 101 Å². The predicted octanol–water partition coefficient (Wildman–Crippen LogP) is 3.15. The van der Waals surface area contributed by atoms with Crippen LogP contribution in [0.25, 0.3) is 22.0 Å². The number of alkyl carbamates (subject to hydrolysis) is 1. The first-order valence-corrected chi connectivity index (χ1v) is 21.2. The van der Waals surface area contributed by atoms with E-state index < -0.39 is 79.7 Å². The summed E-state index contributed by atoms with van der Waals surface area (Å²) in [5.41, 5.74) is -2.03. The molecule has 5 atom stereocenters. The van der Waals surface area contributed by atoms with Gasteiger partial charge in [0.1, 0.15) is 39.8 Å². The van der Waals surface area contributed by atoms with Crippen LogP contribution in [-0.4, -0.2) is 105 Å². The molecule has 1 aliphatic heterocycles. The van der Waals surface area contributed by atoms with Crippen LogP contribution in [0.4, 0.5) is 4.79 Å². The Morgan fingerprint density at radius 3 is 2.30 bits per heavy atom. The van der Waals surface area contributed by atoms with Gasteiger partial charge in [0, 0.05) is 36.0 Å². The van der Waals surface area contributed by atoms with Crippen LogP contribution in [0.2, 0.25) is 0 Å². The van der Waals surface area contributed by atoms with E-state index in [-0.39, 0.29) is 25.2 Å². The number of nitrogens with zero attached hydrogens (tertiary/aromatic N) is 5. The monoisotopic (exact) mass is 822 g/mol. The van der Waals surface area contributed by atoms with E-state index in [2.05, 4.69) is 26.9 Å². The van der Waals surface area contributed by atoms with E-state index in [1.165, 1.54) is 34.0 Å². The highest BCUT2D eigenvalue weighted by Gasteiger charge is 2.62. The number of carbonyl (C=O) groups excluding carboxylic acids is 5. The van der Waals surface area contributed by atoms with Crippen LogP contribution in [-0.2, 0) is 33.9 Å². The minimum atomic E-state index is -3.94. The Morgan fingerprint density at radius 2 is 1.75 bits per heavy atom. The van der Waals surface area contributed by atoms with Crippen molar-refractivity contribution in [2.75, 3.05) is 13.7 Å².